The van der Waals surface area contributed by atoms with Gasteiger partial charge in [0.1, 0.15) is 5.15 Å². The first-order valence-corrected chi connectivity index (χ1v) is 7.42. The van der Waals surface area contributed by atoms with Gasteiger partial charge in [0.05, 0.1) is 18.1 Å². The molecule has 0 saturated heterocycles. The van der Waals surface area contributed by atoms with Gasteiger partial charge in [-0.3, -0.25) is 0 Å². The van der Waals surface area contributed by atoms with E-state index in [1.165, 1.54) is 11.1 Å². The highest BCUT2D eigenvalue weighted by molar-refractivity contribution is 6.31. The topological polar surface area (TPSA) is 17.8 Å². The van der Waals surface area contributed by atoms with Gasteiger partial charge in [0.15, 0.2) is 0 Å². The fourth-order valence-electron chi connectivity index (χ4n) is 2.18. The van der Waals surface area contributed by atoms with E-state index in [4.69, 9.17) is 23.2 Å². The van der Waals surface area contributed by atoms with Gasteiger partial charge < -0.3 is 0 Å². The van der Waals surface area contributed by atoms with Crippen molar-refractivity contribution in [2.45, 2.75) is 39.1 Å². The maximum atomic E-state index is 6.37. The number of hydrogen-bond donors (Lipinski definition) is 0. The Morgan fingerprint density at radius 1 is 1.32 bits per heavy atom. The lowest BCUT2D eigenvalue weighted by atomic mass is 10.1. The van der Waals surface area contributed by atoms with E-state index >= 15 is 0 Å². The number of nitrogens with zero attached hydrogens (tertiary/aromatic N) is 2. The Hall–Kier alpha value is -0.990. The van der Waals surface area contributed by atoms with Gasteiger partial charge in [-0.2, -0.15) is 5.10 Å². The monoisotopic (exact) mass is 296 g/mol. The van der Waals surface area contributed by atoms with Crippen LogP contribution in [0.15, 0.2) is 24.3 Å². The highest BCUT2D eigenvalue weighted by Crippen LogP contribution is 2.24. The maximum Gasteiger partial charge on any atom is 0.132 e. The van der Waals surface area contributed by atoms with Crippen molar-refractivity contribution in [1.82, 2.24) is 9.78 Å². The zero-order chi connectivity index (χ0) is 13.8. The fourth-order valence-corrected chi connectivity index (χ4v) is 2.81. The molecule has 19 heavy (non-hydrogen) atoms. The molecule has 2 rings (SSSR count). The first-order chi connectivity index (χ1) is 9.15. The predicted molar refractivity (Wildman–Crippen MR) is 81.1 cm³/mol. The summed E-state index contributed by atoms with van der Waals surface area (Å²) in [6.07, 6.45) is 1.96. The van der Waals surface area contributed by atoms with Crippen molar-refractivity contribution in [2.24, 2.45) is 0 Å². The standard InChI is InChI=1S/C15H18Cl2N2/c1-3-5-14-13(9-16)15(17)19(18-14)10-12-7-4-6-11(2)8-12/h4,6-8H,3,5,9-10H2,1-2H3. The molecule has 0 unspecified atom stereocenters. The van der Waals surface area contributed by atoms with Gasteiger partial charge in [0.25, 0.3) is 0 Å². The van der Waals surface area contributed by atoms with Crippen molar-refractivity contribution in [2.75, 3.05) is 0 Å². The van der Waals surface area contributed by atoms with Gasteiger partial charge in [-0.1, -0.05) is 54.8 Å². The van der Waals surface area contributed by atoms with Crippen LogP contribution in [0.5, 0.6) is 0 Å². The molecule has 0 bridgehead atoms. The van der Waals surface area contributed by atoms with Crippen LogP contribution >= 0.6 is 23.2 Å². The van der Waals surface area contributed by atoms with E-state index < -0.39 is 0 Å². The zero-order valence-electron chi connectivity index (χ0n) is 11.3. The van der Waals surface area contributed by atoms with Crippen LogP contribution in [0.25, 0.3) is 0 Å². The number of aryl methyl sites for hydroxylation is 2. The first-order valence-electron chi connectivity index (χ1n) is 6.51. The average molecular weight is 297 g/mol. The second-order valence-electron chi connectivity index (χ2n) is 4.75. The summed E-state index contributed by atoms with van der Waals surface area (Å²) in [5.74, 6) is 0.419. The molecule has 0 fully saturated rings. The van der Waals surface area contributed by atoms with E-state index in [0.717, 1.165) is 24.1 Å². The molecule has 1 aromatic heterocycles. The molecule has 0 aliphatic rings. The van der Waals surface area contributed by atoms with Gasteiger partial charge in [-0.25, -0.2) is 4.68 Å². The van der Waals surface area contributed by atoms with E-state index in [1.54, 1.807) is 0 Å². The van der Waals surface area contributed by atoms with E-state index in [1.807, 2.05) is 4.68 Å². The van der Waals surface area contributed by atoms with Gasteiger partial charge >= 0.3 is 0 Å². The van der Waals surface area contributed by atoms with Gasteiger partial charge in [-0.05, 0) is 18.9 Å². The number of halogens is 2. The van der Waals surface area contributed by atoms with Gasteiger partial charge in [0.2, 0.25) is 0 Å². The molecule has 0 aliphatic heterocycles. The molecule has 0 radical (unpaired) electrons. The quantitative estimate of drug-likeness (QED) is 0.738. The average Bonchev–Trinajstić information content (AvgIpc) is 2.66. The number of rotatable bonds is 5. The predicted octanol–water partition coefficient (Wildman–Crippen LogP) is 4.58. The van der Waals surface area contributed by atoms with Crippen LogP contribution < -0.4 is 0 Å². The lowest BCUT2D eigenvalue weighted by Crippen LogP contribution is -2.02. The van der Waals surface area contributed by atoms with Crippen molar-refractivity contribution in [3.05, 3.63) is 51.8 Å². The van der Waals surface area contributed by atoms with Crippen molar-refractivity contribution in [3.8, 4) is 0 Å². The van der Waals surface area contributed by atoms with Crippen molar-refractivity contribution in [1.29, 1.82) is 0 Å². The van der Waals surface area contributed by atoms with E-state index in [0.29, 0.717) is 17.6 Å². The lowest BCUT2D eigenvalue weighted by Gasteiger charge is -2.04. The maximum absolute atomic E-state index is 6.37. The highest BCUT2D eigenvalue weighted by atomic mass is 35.5. The van der Waals surface area contributed by atoms with Crippen LogP contribution in [0.1, 0.15) is 35.7 Å². The molecule has 0 amide bonds. The largest absolute Gasteiger partial charge is 0.249 e. The Kier molecular flexibility index (Phi) is 4.89. The third-order valence-corrected chi connectivity index (χ3v) is 3.79. The van der Waals surface area contributed by atoms with Crippen LogP contribution in [0, 0.1) is 6.92 Å². The Balaban J connectivity index is 2.30. The SMILES string of the molecule is CCCc1nn(Cc2cccc(C)c2)c(Cl)c1CCl. The van der Waals surface area contributed by atoms with Crippen LogP contribution in [-0.4, -0.2) is 9.78 Å². The zero-order valence-corrected chi connectivity index (χ0v) is 12.8. The normalized spacial score (nSPS) is 10.9. The van der Waals surface area contributed by atoms with Crippen molar-refractivity contribution < 1.29 is 0 Å². The number of benzene rings is 1. The highest BCUT2D eigenvalue weighted by Gasteiger charge is 2.14. The molecule has 0 aliphatic carbocycles. The molecular weight excluding hydrogens is 279 g/mol. The second kappa shape index (κ2) is 6.44. The molecule has 0 N–H and O–H groups in total. The van der Waals surface area contributed by atoms with E-state index in [2.05, 4.69) is 43.2 Å². The second-order valence-corrected chi connectivity index (χ2v) is 5.37. The summed E-state index contributed by atoms with van der Waals surface area (Å²) in [5, 5.41) is 5.26. The Bertz CT molecular complexity index is 561. The summed E-state index contributed by atoms with van der Waals surface area (Å²) >= 11 is 12.3. The smallest absolute Gasteiger partial charge is 0.132 e. The van der Waals surface area contributed by atoms with Gasteiger partial charge in [0, 0.05) is 5.56 Å². The molecule has 2 nitrogen and oxygen atoms in total. The Labute approximate surface area is 124 Å². The van der Waals surface area contributed by atoms with Crippen molar-refractivity contribution >= 4 is 23.2 Å². The minimum atomic E-state index is 0.419. The summed E-state index contributed by atoms with van der Waals surface area (Å²) in [4.78, 5) is 0. The molecule has 0 spiro atoms. The molecule has 0 saturated carbocycles. The lowest BCUT2D eigenvalue weighted by molar-refractivity contribution is 0.668. The number of hydrogen-bond acceptors (Lipinski definition) is 1. The van der Waals surface area contributed by atoms with Gasteiger partial charge in [-0.15, -0.1) is 11.6 Å². The van der Waals surface area contributed by atoms with E-state index in [9.17, 15) is 0 Å². The molecule has 102 valence electrons. The number of alkyl halides is 1. The molecule has 1 heterocycles. The van der Waals surface area contributed by atoms with Crippen molar-refractivity contribution in [3.63, 3.8) is 0 Å². The summed E-state index contributed by atoms with van der Waals surface area (Å²) in [6, 6.07) is 8.38. The molecular formula is C15H18Cl2N2. The molecule has 4 heteroatoms. The fraction of sp³-hybridized carbons (Fsp3) is 0.400. The van der Waals surface area contributed by atoms with Crippen LogP contribution in [0.3, 0.4) is 0 Å². The summed E-state index contributed by atoms with van der Waals surface area (Å²) < 4.78 is 1.85. The summed E-state index contributed by atoms with van der Waals surface area (Å²) in [5.41, 5.74) is 4.44. The third-order valence-electron chi connectivity index (χ3n) is 3.10. The van der Waals surface area contributed by atoms with E-state index in [-0.39, 0.29) is 0 Å². The first kappa shape index (κ1) is 14.4. The number of aromatic nitrogens is 2. The summed E-state index contributed by atoms with van der Waals surface area (Å²) in [6.45, 7) is 4.90. The molecule has 1 aromatic carbocycles. The van der Waals surface area contributed by atoms with Crippen LogP contribution in [0.4, 0.5) is 0 Å². The molecule has 0 atom stereocenters. The Morgan fingerprint density at radius 3 is 2.74 bits per heavy atom. The van der Waals surface area contributed by atoms with Crippen LogP contribution in [-0.2, 0) is 18.8 Å². The Morgan fingerprint density at radius 2 is 2.11 bits per heavy atom. The molecule has 2 aromatic rings. The third kappa shape index (κ3) is 3.31. The van der Waals surface area contributed by atoms with Crippen LogP contribution in [0.2, 0.25) is 5.15 Å². The summed E-state index contributed by atoms with van der Waals surface area (Å²) in [7, 11) is 0. The minimum absolute atomic E-state index is 0.419. The minimum Gasteiger partial charge on any atom is -0.249 e.